The molecule has 14 heavy (non-hydrogen) atoms. The van der Waals surface area contributed by atoms with Crippen molar-refractivity contribution in [3.63, 3.8) is 0 Å². The second-order valence-electron chi connectivity index (χ2n) is 2.49. The normalized spacial score (nSPS) is 9.29. The first-order valence-electron chi connectivity index (χ1n) is 4.01. The Labute approximate surface area is 84.2 Å². The average Bonchev–Trinajstić information content (AvgIpc) is 2.19. The van der Waals surface area contributed by atoms with Gasteiger partial charge >= 0.3 is 0 Å². The lowest BCUT2D eigenvalue weighted by Gasteiger charge is -2.03. The van der Waals surface area contributed by atoms with Crippen molar-refractivity contribution in [3.8, 4) is 0 Å². The molecule has 0 fully saturated rings. The van der Waals surface area contributed by atoms with E-state index in [0.717, 1.165) is 0 Å². The number of aromatic nitrogens is 2. The largest absolute Gasteiger partial charge is 0.392 e. The molecule has 5 nitrogen and oxygen atoms in total. The first-order valence-corrected chi connectivity index (χ1v) is 4.01. The lowest BCUT2D eigenvalue weighted by molar-refractivity contribution is 0.210. The second kappa shape index (κ2) is 7.23. The third kappa shape index (κ3) is 4.15. The first kappa shape index (κ1) is 12.8. The quantitative estimate of drug-likeness (QED) is 0.682. The Morgan fingerprint density at radius 1 is 1.43 bits per heavy atom. The number of aliphatic hydroxyl groups excluding tert-OH is 1. The van der Waals surface area contributed by atoms with E-state index in [4.69, 9.17) is 9.84 Å². The van der Waals surface area contributed by atoms with Crippen molar-refractivity contribution in [2.75, 3.05) is 25.6 Å². The number of nitrogens with one attached hydrogen (secondary N) is 1. The predicted molar refractivity (Wildman–Crippen MR) is 55.1 cm³/mol. The summed E-state index contributed by atoms with van der Waals surface area (Å²) in [6.45, 7) is 1.26. The van der Waals surface area contributed by atoms with Gasteiger partial charge in [0.1, 0.15) is 0 Å². The van der Waals surface area contributed by atoms with Crippen LogP contribution in [0.4, 0.5) is 5.95 Å². The van der Waals surface area contributed by atoms with Crippen LogP contribution in [0, 0.1) is 0 Å². The molecule has 0 saturated carbocycles. The van der Waals surface area contributed by atoms with Gasteiger partial charge in [-0.3, -0.25) is 0 Å². The summed E-state index contributed by atoms with van der Waals surface area (Å²) in [6.07, 6.45) is 3.17. The van der Waals surface area contributed by atoms with E-state index >= 15 is 0 Å². The molecule has 5 heteroatoms. The van der Waals surface area contributed by atoms with Crippen LogP contribution >= 0.6 is 0 Å². The molecule has 1 aromatic heterocycles. The zero-order chi connectivity index (χ0) is 9.52. The van der Waals surface area contributed by atoms with Crippen molar-refractivity contribution >= 4 is 5.95 Å². The number of nitrogens with zero attached hydrogens (tertiary/aromatic N) is 2. The molecule has 0 spiro atoms. The Bertz CT molecular complexity index is 238. The van der Waals surface area contributed by atoms with Crippen molar-refractivity contribution in [3.05, 3.63) is 18.0 Å². The highest BCUT2D eigenvalue weighted by molar-refractivity contribution is 5.24. The van der Waals surface area contributed by atoms with Crippen LogP contribution in [-0.4, -0.2) is 35.3 Å². The number of rotatable bonds is 5. The molecular weight excluding hydrogens is 182 g/mol. The molecule has 0 aliphatic carbocycles. The number of aliphatic hydroxyl groups is 1. The fourth-order valence-electron chi connectivity index (χ4n) is 0.793. The second-order valence-corrected chi connectivity index (χ2v) is 2.49. The van der Waals surface area contributed by atoms with Crippen LogP contribution in [0.1, 0.15) is 13.0 Å². The Balaban J connectivity index is 0.00000169. The molecule has 1 heterocycles. The molecule has 0 bridgehead atoms. The van der Waals surface area contributed by atoms with Gasteiger partial charge in [0.15, 0.2) is 0 Å². The van der Waals surface area contributed by atoms with Gasteiger partial charge in [-0.1, -0.05) is 7.43 Å². The maximum Gasteiger partial charge on any atom is 0.222 e. The summed E-state index contributed by atoms with van der Waals surface area (Å²) >= 11 is 0. The Kier molecular flexibility index (Phi) is 6.61. The van der Waals surface area contributed by atoms with Gasteiger partial charge in [-0.15, -0.1) is 0 Å². The van der Waals surface area contributed by atoms with Gasteiger partial charge in [0.05, 0.1) is 13.2 Å². The topological polar surface area (TPSA) is 67.3 Å². The molecule has 0 aliphatic rings. The fourth-order valence-corrected chi connectivity index (χ4v) is 0.793. The van der Waals surface area contributed by atoms with Crippen molar-refractivity contribution in [1.29, 1.82) is 0 Å². The van der Waals surface area contributed by atoms with E-state index in [2.05, 4.69) is 15.3 Å². The Hall–Kier alpha value is -1.20. The molecule has 1 rings (SSSR count). The van der Waals surface area contributed by atoms with Crippen molar-refractivity contribution in [2.24, 2.45) is 0 Å². The summed E-state index contributed by atoms with van der Waals surface area (Å²) in [5, 5.41) is 11.7. The highest BCUT2D eigenvalue weighted by atomic mass is 16.5. The Morgan fingerprint density at radius 2 is 2.07 bits per heavy atom. The highest BCUT2D eigenvalue weighted by Crippen LogP contribution is 1.98. The third-order valence-corrected chi connectivity index (χ3v) is 1.48. The van der Waals surface area contributed by atoms with E-state index in [-0.39, 0.29) is 14.0 Å². The average molecular weight is 199 g/mol. The minimum Gasteiger partial charge on any atom is -0.392 e. The third-order valence-electron chi connectivity index (χ3n) is 1.48. The smallest absolute Gasteiger partial charge is 0.222 e. The standard InChI is InChI=1S/C8H13N3O2.CH4/c1-13-3-2-9-8-10-4-7(6-12)5-11-8;/h4-5,12H,2-3,6H2,1H3,(H,9,10,11);1H4. The van der Waals surface area contributed by atoms with Gasteiger partial charge < -0.3 is 15.2 Å². The highest BCUT2D eigenvalue weighted by Gasteiger charge is 1.94. The lowest BCUT2D eigenvalue weighted by atomic mass is 10.4. The summed E-state index contributed by atoms with van der Waals surface area (Å²) < 4.78 is 4.85. The van der Waals surface area contributed by atoms with Gasteiger partial charge in [-0.05, 0) is 0 Å². The summed E-state index contributed by atoms with van der Waals surface area (Å²) in [7, 11) is 1.64. The van der Waals surface area contributed by atoms with Crippen LogP contribution in [0.25, 0.3) is 0 Å². The number of hydrogen-bond acceptors (Lipinski definition) is 5. The SMILES string of the molecule is C.COCCNc1ncc(CO)cn1. The minimum absolute atomic E-state index is 0. The van der Waals surface area contributed by atoms with Gasteiger partial charge in [0.2, 0.25) is 5.95 Å². The van der Waals surface area contributed by atoms with Gasteiger partial charge in [-0.25, -0.2) is 9.97 Å². The van der Waals surface area contributed by atoms with E-state index in [1.54, 1.807) is 19.5 Å². The van der Waals surface area contributed by atoms with Gasteiger partial charge in [0.25, 0.3) is 0 Å². The van der Waals surface area contributed by atoms with E-state index < -0.39 is 0 Å². The van der Waals surface area contributed by atoms with Crippen LogP contribution in [0.15, 0.2) is 12.4 Å². The van der Waals surface area contributed by atoms with Crippen LogP contribution in [0.3, 0.4) is 0 Å². The molecular formula is C9H17N3O2. The fraction of sp³-hybridized carbons (Fsp3) is 0.556. The molecule has 0 aromatic carbocycles. The number of ether oxygens (including phenoxy) is 1. The van der Waals surface area contributed by atoms with Crippen LogP contribution in [0.2, 0.25) is 0 Å². The van der Waals surface area contributed by atoms with E-state index in [9.17, 15) is 0 Å². The van der Waals surface area contributed by atoms with Crippen LogP contribution in [0.5, 0.6) is 0 Å². The number of anilines is 1. The maximum atomic E-state index is 8.72. The van der Waals surface area contributed by atoms with Crippen molar-refractivity contribution in [1.82, 2.24) is 9.97 Å². The van der Waals surface area contributed by atoms with Crippen molar-refractivity contribution in [2.45, 2.75) is 14.0 Å². The molecule has 0 radical (unpaired) electrons. The van der Waals surface area contributed by atoms with Crippen LogP contribution in [-0.2, 0) is 11.3 Å². The minimum atomic E-state index is -0.0294. The molecule has 0 atom stereocenters. The molecule has 0 unspecified atom stereocenters. The summed E-state index contributed by atoms with van der Waals surface area (Å²) in [6, 6.07) is 0. The molecule has 0 aliphatic heterocycles. The molecule has 1 aromatic rings. The molecule has 80 valence electrons. The summed E-state index contributed by atoms with van der Waals surface area (Å²) in [5.74, 6) is 0.550. The predicted octanol–water partition coefficient (Wildman–Crippen LogP) is 0.663. The first-order chi connectivity index (χ1) is 6.36. The number of methoxy groups -OCH3 is 1. The molecule has 2 N–H and O–H groups in total. The van der Waals surface area contributed by atoms with Crippen molar-refractivity contribution < 1.29 is 9.84 Å². The number of hydrogen-bond donors (Lipinski definition) is 2. The monoisotopic (exact) mass is 199 g/mol. The summed E-state index contributed by atoms with van der Waals surface area (Å²) in [4.78, 5) is 7.97. The zero-order valence-corrected chi connectivity index (χ0v) is 7.53. The van der Waals surface area contributed by atoms with E-state index in [0.29, 0.717) is 24.7 Å². The molecule has 0 amide bonds. The van der Waals surface area contributed by atoms with Gasteiger partial charge in [0, 0.05) is 31.6 Å². The van der Waals surface area contributed by atoms with E-state index in [1.165, 1.54) is 0 Å². The Morgan fingerprint density at radius 3 is 2.57 bits per heavy atom. The van der Waals surface area contributed by atoms with E-state index in [1.807, 2.05) is 0 Å². The zero-order valence-electron chi connectivity index (χ0n) is 7.53. The van der Waals surface area contributed by atoms with Crippen LogP contribution < -0.4 is 5.32 Å². The maximum absolute atomic E-state index is 8.72. The molecule has 0 saturated heterocycles. The van der Waals surface area contributed by atoms with Gasteiger partial charge in [-0.2, -0.15) is 0 Å². The summed E-state index contributed by atoms with van der Waals surface area (Å²) in [5.41, 5.74) is 0.706. The lowest BCUT2D eigenvalue weighted by Crippen LogP contribution is -2.10.